The van der Waals surface area contributed by atoms with Crippen LogP contribution >= 0.6 is 0 Å². The van der Waals surface area contributed by atoms with Gasteiger partial charge in [0.05, 0.1) is 0 Å². The highest BCUT2D eigenvalue weighted by Crippen LogP contribution is 2.13. The number of rotatable bonds is 7. The molecule has 2 rings (SSSR count). The van der Waals surface area contributed by atoms with Gasteiger partial charge in [0.2, 0.25) is 15.8 Å². The molecule has 0 atom stereocenters. The van der Waals surface area contributed by atoms with E-state index >= 15 is 0 Å². The Morgan fingerprint density at radius 2 is 1.81 bits per heavy atom. The van der Waals surface area contributed by atoms with Crippen molar-refractivity contribution in [3.8, 4) is 0 Å². The van der Waals surface area contributed by atoms with Crippen molar-refractivity contribution in [2.45, 2.75) is 18.7 Å². The first-order valence-corrected chi connectivity index (χ1v) is 9.19. The van der Waals surface area contributed by atoms with Gasteiger partial charge in [0.25, 0.3) is 0 Å². The van der Waals surface area contributed by atoms with Crippen molar-refractivity contribution in [2.75, 3.05) is 13.2 Å². The standard InChI is InChI=1S/C18H18FNO5S/c1-12-7-8-14(13(2)9-12)16(21)11-25-18(22)10-20-26(23,24)17-6-4-3-5-15(17)19/h3-9,20H,10-11H2,1-2H3. The quantitative estimate of drug-likeness (QED) is 0.588. The Kier molecular flexibility index (Phi) is 6.23. The van der Waals surface area contributed by atoms with E-state index in [9.17, 15) is 22.4 Å². The zero-order chi connectivity index (χ0) is 19.3. The van der Waals surface area contributed by atoms with Crippen molar-refractivity contribution in [1.82, 2.24) is 4.72 Å². The molecule has 0 aliphatic carbocycles. The van der Waals surface area contributed by atoms with Gasteiger partial charge in [-0.2, -0.15) is 4.72 Å². The van der Waals surface area contributed by atoms with Crippen LogP contribution in [0.4, 0.5) is 4.39 Å². The molecule has 0 radical (unpaired) electrons. The first kappa shape index (κ1) is 19.7. The molecule has 8 heteroatoms. The Bertz CT molecular complexity index is 940. The van der Waals surface area contributed by atoms with Gasteiger partial charge in [-0.15, -0.1) is 0 Å². The van der Waals surface area contributed by atoms with Crippen molar-refractivity contribution in [3.63, 3.8) is 0 Å². The molecule has 0 heterocycles. The molecule has 1 N–H and O–H groups in total. The van der Waals surface area contributed by atoms with Gasteiger partial charge < -0.3 is 4.74 Å². The lowest BCUT2D eigenvalue weighted by atomic mass is 10.0. The Morgan fingerprint density at radius 3 is 2.46 bits per heavy atom. The highest BCUT2D eigenvalue weighted by molar-refractivity contribution is 7.89. The van der Waals surface area contributed by atoms with Gasteiger partial charge >= 0.3 is 5.97 Å². The lowest BCUT2D eigenvalue weighted by molar-refractivity contribution is -0.141. The van der Waals surface area contributed by atoms with E-state index < -0.39 is 45.6 Å². The monoisotopic (exact) mass is 379 g/mol. The van der Waals surface area contributed by atoms with E-state index in [1.165, 1.54) is 12.1 Å². The second-order valence-corrected chi connectivity index (χ2v) is 7.39. The third-order valence-corrected chi connectivity index (χ3v) is 5.01. The van der Waals surface area contributed by atoms with E-state index in [4.69, 9.17) is 4.74 Å². The average Bonchev–Trinajstić information content (AvgIpc) is 2.58. The van der Waals surface area contributed by atoms with Crippen LogP contribution in [-0.4, -0.2) is 33.3 Å². The van der Waals surface area contributed by atoms with Crippen LogP contribution in [0.2, 0.25) is 0 Å². The number of halogens is 1. The van der Waals surface area contributed by atoms with Crippen LogP contribution < -0.4 is 4.72 Å². The number of ether oxygens (including phenoxy) is 1. The molecule has 0 aliphatic rings. The molecule has 6 nitrogen and oxygen atoms in total. The summed E-state index contributed by atoms with van der Waals surface area (Å²) >= 11 is 0. The van der Waals surface area contributed by atoms with Gasteiger partial charge in [-0.1, -0.05) is 35.9 Å². The van der Waals surface area contributed by atoms with Crippen molar-refractivity contribution < 1.29 is 27.1 Å². The summed E-state index contributed by atoms with van der Waals surface area (Å²) in [6.45, 7) is 2.44. The van der Waals surface area contributed by atoms with E-state index in [1.807, 2.05) is 17.7 Å². The number of ketones is 1. The smallest absolute Gasteiger partial charge is 0.321 e. The number of sulfonamides is 1. The molecule has 0 aliphatic heterocycles. The van der Waals surface area contributed by atoms with Crippen LogP contribution in [0.3, 0.4) is 0 Å². The number of hydrogen-bond acceptors (Lipinski definition) is 5. The Balaban J connectivity index is 1.91. The van der Waals surface area contributed by atoms with Gasteiger partial charge in [0.1, 0.15) is 17.3 Å². The van der Waals surface area contributed by atoms with E-state index in [-0.39, 0.29) is 0 Å². The van der Waals surface area contributed by atoms with Crippen LogP contribution in [0.15, 0.2) is 47.4 Å². The van der Waals surface area contributed by atoms with E-state index in [2.05, 4.69) is 0 Å². The minimum Gasteiger partial charge on any atom is -0.456 e. The molecular formula is C18H18FNO5S. The minimum atomic E-state index is -4.20. The summed E-state index contributed by atoms with van der Waals surface area (Å²) < 4.78 is 44.2. The SMILES string of the molecule is Cc1ccc(C(=O)COC(=O)CNS(=O)(=O)c2ccccc2F)c(C)c1. The number of nitrogens with one attached hydrogen (secondary N) is 1. The first-order chi connectivity index (χ1) is 12.2. The summed E-state index contributed by atoms with van der Waals surface area (Å²) in [6.07, 6.45) is 0. The number of carbonyl (C=O) groups is 2. The summed E-state index contributed by atoms with van der Waals surface area (Å²) in [4.78, 5) is 23.2. The lowest BCUT2D eigenvalue weighted by Gasteiger charge is -2.09. The Labute approximate surface area is 151 Å². The molecule has 2 aromatic carbocycles. The van der Waals surface area contributed by atoms with E-state index in [0.717, 1.165) is 23.3 Å². The zero-order valence-corrected chi connectivity index (χ0v) is 15.1. The zero-order valence-electron chi connectivity index (χ0n) is 14.3. The molecule has 0 fully saturated rings. The molecular weight excluding hydrogens is 361 g/mol. The Morgan fingerprint density at radius 1 is 1.12 bits per heavy atom. The van der Waals surface area contributed by atoms with Gasteiger partial charge in [-0.3, -0.25) is 9.59 Å². The van der Waals surface area contributed by atoms with Gasteiger partial charge in [0, 0.05) is 5.56 Å². The molecule has 138 valence electrons. The fraction of sp³-hybridized carbons (Fsp3) is 0.222. The number of Topliss-reactive ketones (excluding diaryl/α,β-unsaturated/α-hetero) is 1. The Hall–Kier alpha value is -2.58. The maximum atomic E-state index is 13.5. The molecule has 26 heavy (non-hydrogen) atoms. The largest absolute Gasteiger partial charge is 0.456 e. The van der Waals surface area contributed by atoms with Crippen molar-refractivity contribution in [2.24, 2.45) is 0 Å². The molecule has 0 aromatic heterocycles. The summed E-state index contributed by atoms with van der Waals surface area (Å²) in [6, 6.07) is 10.0. The van der Waals surface area contributed by atoms with Crippen molar-refractivity contribution in [3.05, 3.63) is 65.0 Å². The predicted octanol–water partition coefficient (Wildman–Crippen LogP) is 2.15. The highest BCUT2D eigenvalue weighted by atomic mass is 32.2. The third-order valence-electron chi connectivity index (χ3n) is 3.58. The molecule has 0 saturated carbocycles. The van der Waals surface area contributed by atoms with Crippen LogP contribution in [0.5, 0.6) is 0 Å². The summed E-state index contributed by atoms with van der Waals surface area (Å²) in [5.41, 5.74) is 2.18. The number of esters is 1. The van der Waals surface area contributed by atoms with Gasteiger partial charge in [-0.25, -0.2) is 12.8 Å². The maximum Gasteiger partial charge on any atom is 0.321 e. The topological polar surface area (TPSA) is 89.5 Å². The van der Waals surface area contributed by atoms with Gasteiger partial charge in [-0.05, 0) is 31.5 Å². The normalized spacial score (nSPS) is 11.2. The second-order valence-electron chi connectivity index (χ2n) is 5.66. The van der Waals surface area contributed by atoms with Crippen molar-refractivity contribution in [1.29, 1.82) is 0 Å². The molecule has 0 amide bonds. The summed E-state index contributed by atoms with van der Waals surface area (Å²) in [5, 5.41) is 0. The number of benzene rings is 2. The van der Waals surface area contributed by atoms with Crippen LogP contribution in [-0.2, 0) is 19.6 Å². The minimum absolute atomic E-state index is 0.396. The molecule has 0 spiro atoms. The van der Waals surface area contributed by atoms with Gasteiger partial charge in [0.15, 0.2) is 6.61 Å². The first-order valence-electron chi connectivity index (χ1n) is 7.71. The van der Waals surface area contributed by atoms with Crippen LogP contribution in [0.25, 0.3) is 0 Å². The molecule has 0 bridgehead atoms. The summed E-state index contributed by atoms with van der Waals surface area (Å²) in [7, 11) is -4.20. The fourth-order valence-electron chi connectivity index (χ4n) is 2.30. The fourth-order valence-corrected chi connectivity index (χ4v) is 3.34. The highest BCUT2D eigenvalue weighted by Gasteiger charge is 2.20. The average molecular weight is 379 g/mol. The third kappa shape index (κ3) is 4.96. The molecule has 0 unspecified atom stereocenters. The van der Waals surface area contributed by atoms with E-state index in [0.29, 0.717) is 5.56 Å². The number of hydrogen-bond donors (Lipinski definition) is 1. The second kappa shape index (κ2) is 8.20. The number of carbonyl (C=O) groups excluding carboxylic acids is 2. The summed E-state index contributed by atoms with van der Waals surface area (Å²) in [5.74, 6) is -2.27. The molecule has 2 aromatic rings. The van der Waals surface area contributed by atoms with Crippen LogP contribution in [0, 0.1) is 19.7 Å². The van der Waals surface area contributed by atoms with Crippen molar-refractivity contribution >= 4 is 21.8 Å². The lowest BCUT2D eigenvalue weighted by Crippen LogP contribution is -2.32. The maximum absolute atomic E-state index is 13.5. The number of aryl methyl sites for hydroxylation is 2. The van der Waals surface area contributed by atoms with E-state index in [1.54, 1.807) is 19.1 Å². The van der Waals surface area contributed by atoms with Crippen LogP contribution in [0.1, 0.15) is 21.5 Å². The predicted molar refractivity (Wildman–Crippen MR) is 92.8 cm³/mol. The molecule has 0 saturated heterocycles.